The molecule has 0 unspecified atom stereocenters. The van der Waals surface area contributed by atoms with Crippen molar-refractivity contribution in [2.45, 2.75) is 32.2 Å². The molecule has 4 aromatic rings. The molecule has 1 aromatic carbocycles. The maximum absolute atomic E-state index is 15.4. The first kappa shape index (κ1) is 23.1. The van der Waals surface area contributed by atoms with Crippen LogP contribution < -0.4 is 21.7 Å². The third-order valence-electron chi connectivity index (χ3n) is 6.83. The third kappa shape index (κ3) is 3.88. The smallest absolute Gasteiger partial charge is 0.293 e. The molecule has 1 amide bonds. The molecule has 5 heterocycles. The summed E-state index contributed by atoms with van der Waals surface area (Å²) in [5.74, 6) is -2.85. The summed E-state index contributed by atoms with van der Waals surface area (Å²) in [5.41, 5.74) is 7.84. The number of aromatic nitrogens is 4. The lowest BCUT2D eigenvalue weighted by atomic mass is 9.94. The Kier molecular flexibility index (Phi) is 5.21. The fraction of sp³-hybridized carbons (Fsp3) is 0.280. The molecule has 3 aromatic heterocycles. The minimum Gasteiger partial charge on any atom is -0.396 e. The normalized spacial score (nSPS) is 16.4. The molecule has 12 heteroatoms. The van der Waals surface area contributed by atoms with E-state index in [9.17, 15) is 13.6 Å². The number of hydrogen-bond acceptors (Lipinski definition) is 7. The Labute approximate surface area is 209 Å². The molecule has 2 aliphatic heterocycles. The van der Waals surface area contributed by atoms with Crippen molar-refractivity contribution in [1.82, 2.24) is 25.1 Å². The van der Waals surface area contributed by atoms with Crippen LogP contribution in [-0.2, 0) is 23.7 Å². The van der Waals surface area contributed by atoms with Crippen LogP contribution in [-0.4, -0.2) is 38.7 Å². The minimum atomic E-state index is -3.05. The maximum atomic E-state index is 15.4. The topological polar surface area (TPSA) is 123 Å². The van der Waals surface area contributed by atoms with Crippen LogP contribution >= 0.6 is 0 Å². The van der Waals surface area contributed by atoms with Gasteiger partial charge in [-0.15, -0.1) is 0 Å². The molecule has 190 valence electrons. The Hall–Kier alpha value is -4.35. The first-order valence-corrected chi connectivity index (χ1v) is 11.8. The first-order chi connectivity index (χ1) is 17.7. The Morgan fingerprint density at radius 2 is 1.92 bits per heavy atom. The Morgan fingerprint density at radius 3 is 2.76 bits per heavy atom. The largest absolute Gasteiger partial charge is 0.396 e. The van der Waals surface area contributed by atoms with Gasteiger partial charge in [-0.1, -0.05) is 0 Å². The molecular formula is C25H23F3N8O. The summed E-state index contributed by atoms with van der Waals surface area (Å²) in [5, 5.41) is 14.4. The SMILES string of the molecule is Cc1c(-c2cc3cc(Nc4cc5n(n4)CC(=O)NCC5)ncc3c(N)c2F)cnc2c1NCCC2(F)F. The molecular weight excluding hydrogens is 485 g/mol. The fourth-order valence-corrected chi connectivity index (χ4v) is 4.90. The van der Waals surface area contributed by atoms with Crippen molar-refractivity contribution in [2.24, 2.45) is 0 Å². The molecule has 0 saturated heterocycles. The summed E-state index contributed by atoms with van der Waals surface area (Å²) >= 11 is 0. The van der Waals surface area contributed by atoms with Crippen LogP contribution in [0.5, 0.6) is 0 Å². The number of rotatable bonds is 3. The van der Waals surface area contributed by atoms with Crippen molar-refractivity contribution in [3.05, 3.63) is 53.4 Å². The second-order valence-electron chi connectivity index (χ2n) is 9.25. The van der Waals surface area contributed by atoms with Crippen LogP contribution in [0, 0.1) is 12.7 Å². The number of nitrogens with one attached hydrogen (secondary N) is 3. The number of anilines is 4. The predicted molar refractivity (Wildman–Crippen MR) is 133 cm³/mol. The van der Waals surface area contributed by atoms with E-state index in [0.29, 0.717) is 46.5 Å². The molecule has 0 atom stereocenters. The zero-order chi connectivity index (χ0) is 25.9. The van der Waals surface area contributed by atoms with Crippen molar-refractivity contribution in [2.75, 3.05) is 29.5 Å². The van der Waals surface area contributed by atoms with Crippen LogP contribution in [0.1, 0.15) is 23.4 Å². The maximum Gasteiger partial charge on any atom is 0.293 e. The van der Waals surface area contributed by atoms with Crippen LogP contribution in [0.3, 0.4) is 0 Å². The highest BCUT2D eigenvalue weighted by Gasteiger charge is 2.39. The number of benzene rings is 1. The lowest BCUT2D eigenvalue weighted by molar-refractivity contribution is -0.121. The fourth-order valence-electron chi connectivity index (χ4n) is 4.90. The van der Waals surface area contributed by atoms with Gasteiger partial charge in [0.25, 0.3) is 5.92 Å². The van der Waals surface area contributed by atoms with E-state index >= 15 is 4.39 Å². The molecule has 2 aliphatic rings. The highest BCUT2D eigenvalue weighted by Crippen LogP contribution is 2.43. The Bertz CT molecular complexity index is 1580. The van der Waals surface area contributed by atoms with Gasteiger partial charge < -0.3 is 21.7 Å². The van der Waals surface area contributed by atoms with Gasteiger partial charge >= 0.3 is 0 Å². The van der Waals surface area contributed by atoms with Crippen molar-refractivity contribution >= 4 is 39.7 Å². The number of hydrogen-bond donors (Lipinski definition) is 4. The Morgan fingerprint density at radius 1 is 1.08 bits per heavy atom. The molecule has 9 nitrogen and oxygen atoms in total. The molecule has 0 spiro atoms. The van der Waals surface area contributed by atoms with E-state index in [2.05, 4.69) is 31.0 Å². The number of nitrogens with zero attached hydrogens (tertiary/aromatic N) is 4. The summed E-state index contributed by atoms with van der Waals surface area (Å²) in [7, 11) is 0. The quantitative estimate of drug-likeness (QED) is 0.310. The van der Waals surface area contributed by atoms with Crippen molar-refractivity contribution < 1.29 is 18.0 Å². The van der Waals surface area contributed by atoms with Gasteiger partial charge in [-0.2, -0.15) is 13.9 Å². The number of amides is 1. The highest BCUT2D eigenvalue weighted by atomic mass is 19.3. The highest BCUT2D eigenvalue weighted by molar-refractivity contribution is 5.98. The van der Waals surface area contributed by atoms with Crippen molar-refractivity contribution in [1.29, 1.82) is 0 Å². The number of pyridine rings is 2. The number of carbonyl (C=O) groups is 1. The molecule has 5 N–H and O–H groups in total. The van der Waals surface area contributed by atoms with Crippen LogP contribution in [0.4, 0.5) is 36.2 Å². The van der Waals surface area contributed by atoms with Gasteiger partial charge in [-0.05, 0) is 30.0 Å². The number of nitrogens with two attached hydrogens (primary N) is 1. The average molecular weight is 509 g/mol. The van der Waals surface area contributed by atoms with Crippen molar-refractivity contribution in [3.63, 3.8) is 0 Å². The van der Waals surface area contributed by atoms with E-state index in [1.54, 1.807) is 23.7 Å². The lowest BCUT2D eigenvalue weighted by Crippen LogP contribution is -2.28. The molecule has 0 aliphatic carbocycles. The van der Waals surface area contributed by atoms with Gasteiger partial charge in [0.2, 0.25) is 5.91 Å². The van der Waals surface area contributed by atoms with Crippen molar-refractivity contribution in [3.8, 4) is 11.1 Å². The summed E-state index contributed by atoms with van der Waals surface area (Å²) in [6, 6.07) is 5.17. The van der Waals surface area contributed by atoms with Crippen LogP contribution in [0.2, 0.25) is 0 Å². The molecule has 0 radical (unpaired) electrons. The molecule has 0 bridgehead atoms. The summed E-state index contributed by atoms with van der Waals surface area (Å²) in [6.45, 7) is 2.43. The van der Waals surface area contributed by atoms with E-state index < -0.39 is 11.7 Å². The van der Waals surface area contributed by atoms with Gasteiger partial charge in [-0.25, -0.2) is 9.37 Å². The summed E-state index contributed by atoms with van der Waals surface area (Å²) in [4.78, 5) is 20.1. The summed E-state index contributed by atoms with van der Waals surface area (Å²) in [6.07, 6.45) is 3.04. The van der Waals surface area contributed by atoms with Gasteiger partial charge in [0.05, 0.1) is 11.4 Å². The predicted octanol–water partition coefficient (Wildman–Crippen LogP) is 3.85. The Balaban J connectivity index is 1.39. The molecule has 6 rings (SSSR count). The van der Waals surface area contributed by atoms with E-state index in [1.165, 1.54) is 12.4 Å². The van der Waals surface area contributed by atoms with Crippen LogP contribution in [0.25, 0.3) is 21.9 Å². The summed E-state index contributed by atoms with van der Waals surface area (Å²) < 4.78 is 45.8. The average Bonchev–Trinajstić information content (AvgIpc) is 3.13. The van der Waals surface area contributed by atoms with Crippen LogP contribution in [0.15, 0.2) is 30.6 Å². The standard InChI is InChI=1S/C25H23F3N8O/c1-12-16(9-33-24-23(12)31-5-3-25(24,27)28)15-6-13-7-18(32-10-17(13)22(29)21(15)26)34-19-8-14-2-4-30-20(37)11-36(14)35-19/h6-10,31H,2-5,11,29H2,1H3,(H,30,37)(H,32,34,35). The number of carbonyl (C=O) groups excluding carboxylic acids is 1. The molecule has 0 fully saturated rings. The van der Waals surface area contributed by atoms with Gasteiger partial charge in [0.15, 0.2) is 11.6 Å². The number of alkyl halides is 2. The minimum absolute atomic E-state index is 0.0944. The first-order valence-electron chi connectivity index (χ1n) is 11.8. The zero-order valence-electron chi connectivity index (χ0n) is 19.8. The van der Waals surface area contributed by atoms with Gasteiger partial charge in [-0.3, -0.25) is 14.5 Å². The number of nitrogen functional groups attached to an aromatic ring is 1. The van der Waals surface area contributed by atoms with E-state index in [4.69, 9.17) is 5.73 Å². The van der Waals surface area contributed by atoms with E-state index in [1.807, 2.05) is 6.07 Å². The lowest BCUT2D eigenvalue weighted by Gasteiger charge is -2.27. The zero-order valence-corrected chi connectivity index (χ0v) is 19.8. The van der Waals surface area contributed by atoms with E-state index in [-0.39, 0.29) is 48.0 Å². The second-order valence-corrected chi connectivity index (χ2v) is 9.25. The van der Waals surface area contributed by atoms with Gasteiger partial charge in [0, 0.05) is 66.6 Å². The van der Waals surface area contributed by atoms with Gasteiger partial charge in [0.1, 0.15) is 18.1 Å². The third-order valence-corrected chi connectivity index (χ3v) is 6.83. The molecule has 37 heavy (non-hydrogen) atoms. The molecule has 0 saturated carbocycles. The van der Waals surface area contributed by atoms with E-state index in [0.717, 1.165) is 5.69 Å². The number of fused-ring (bicyclic) bond motifs is 3. The number of halogens is 3. The monoisotopic (exact) mass is 508 g/mol. The second kappa shape index (κ2) is 8.36.